The number of methoxy groups -OCH3 is 1. The third kappa shape index (κ3) is 2.96. The summed E-state index contributed by atoms with van der Waals surface area (Å²) >= 11 is 1.41. The van der Waals surface area contributed by atoms with Gasteiger partial charge in [-0.25, -0.2) is 4.79 Å². The third-order valence-electron chi connectivity index (χ3n) is 3.63. The van der Waals surface area contributed by atoms with Gasteiger partial charge in [-0.05, 0) is 24.3 Å². The molecule has 0 bridgehead atoms. The molecule has 116 valence electrons. The summed E-state index contributed by atoms with van der Waals surface area (Å²) in [6.07, 6.45) is 0. The number of carbonyl (C=O) groups excluding carboxylic acids is 1. The number of rotatable bonds is 3. The Morgan fingerprint density at radius 3 is 2.32 bits per heavy atom. The molecule has 0 unspecified atom stereocenters. The Kier molecular flexibility index (Phi) is 4.10. The summed E-state index contributed by atoms with van der Waals surface area (Å²) in [6.45, 7) is 3.51. The van der Waals surface area contributed by atoms with E-state index in [0.717, 1.165) is 37.0 Å². The number of nitrogens with two attached hydrogens (primary N) is 1. The molecule has 3 rings (SSSR count). The van der Waals surface area contributed by atoms with E-state index in [2.05, 4.69) is 20.0 Å². The predicted octanol–water partition coefficient (Wildman–Crippen LogP) is 1.23. The summed E-state index contributed by atoms with van der Waals surface area (Å²) in [7, 11) is 1.38. The quantitative estimate of drug-likeness (QED) is 0.852. The molecular weight excluding hydrogens is 302 g/mol. The van der Waals surface area contributed by atoms with Crippen LogP contribution in [-0.2, 0) is 4.74 Å². The first-order valence-electron chi connectivity index (χ1n) is 6.94. The van der Waals surface area contributed by atoms with Crippen molar-refractivity contribution in [1.82, 2.24) is 10.2 Å². The zero-order valence-electron chi connectivity index (χ0n) is 12.2. The van der Waals surface area contributed by atoms with Gasteiger partial charge in [-0.2, -0.15) is 0 Å². The number of carbonyl (C=O) groups is 1. The molecule has 7 nitrogen and oxygen atoms in total. The molecule has 8 heteroatoms. The van der Waals surface area contributed by atoms with E-state index in [4.69, 9.17) is 10.5 Å². The van der Waals surface area contributed by atoms with Gasteiger partial charge in [0.2, 0.25) is 10.3 Å². The van der Waals surface area contributed by atoms with Gasteiger partial charge in [0.1, 0.15) is 0 Å². The fourth-order valence-corrected chi connectivity index (χ4v) is 3.10. The standard InChI is InChI=1S/C14H17N5O2S/c1-21-12(20)10-2-4-11(5-3-10)18-6-8-19(9-7-18)14-17-16-13(15)22-14/h2-5H,6-9H2,1H3,(H2,15,16). The van der Waals surface area contributed by atoms with E-state index in [1.807, 2.05) is 12.1 Å². The Morgan fingerprint density at radius 2 is 1.77 bits per heavy atom. The predicted molar refractivity (Wildman–Crippen MR) is 86.5 cm³/mol. The van der Waals surface area contributed by atoms with Crippen LogP contribution >= 0.6 is 11.3 Å². The van der Waals surface area contributed by atoms with Gasteiger partial charge >= 0.3 is 5.97 Å². The molecule has 0 atom stereocenters. The Morgan fingerprint density at radius 1 is 1.14 bits per heavy atom. The van der Waals surface area contributed by atoms with Crippen LogP contribution in [0.5, 0.6) is 0 Å². The highest BCUT2D eigenvalue weighted by atomic mass is 32.1. The summed E-state index contributed by atoms with van der Waals surface area (Å²) in [5.74, 6) is -0.315. The van der Waals surface area contributed by atoms with E-state index in [1.165, 1.54) is 18.4 Å². The largest absolute Gasteiger partial charge is 0.465 e. The van der Waals surface area contributed by atoms with E-state index >= 15 is 0 Å². The van der Waals surface area contributed by atoms with Crippen molar-refractivity contribution < 1.29 is 9.53 Å². The van der Waals surface area contributed by atoms with Crippen LogP contribution in [0.2, 0.25) is 0 Å². The van der Waals surface area contributed by atoms with Crippen LogP contribution in [0.25, 0.3) is 0 Å². The first-order valence-corrected chi connectivity index (χ1v) is 7.76. The smallest absolute Gasteiger partial charge is 0.337 e. The maximum Gasteiger partial charge on any atom is 0.337 e. The van der Waals surface area contributed by atoms with E-state index in [-0.39, 0.29) is 5.97 Å². The second kappa shape index (κ2) is 6.18. The normalized spacial score (nSPS) is 15.0. The van der Waals surface area contributed by atoms with Crippen molar-refractivity contribution in [3.63, 3.8) is 0 Å². The van der Waals surface area contributed by atoms with Crippen molar-refractivity contribution in [2.45, 2.75) is 0 Å². The molecule has 1 aromatic heterocycles. The highest BCUT2D eigenvalue weighted by Gasteiger charge is 2.20. The molecule has 1 aliphatic heterocycles. The molecule has 2 aromatic rings. The van der Waals surface area contributed by atoms with Crippen molar-refractivity contribution in [3.05, 3.63) is 29.8 Å². The lowest BCUT2D eigenvalue weighted by molar-refractivity contribution is 0.0601. The molecule has 0 amide bonds. The van der Waals surface area contributed by atoms with Gasteiger partial charge in [-0.1, -0.05) is 11.3 Å². The van der Waals surface area contributed by atoms with Crippen LogP contribution in [0.3, 0.4) is 0 Å². The van der Waals surface area contributed by atoms with Gasteiger partial charge in [-0.3, -0.25) is 0 Å². The molecule has 2 heterocycles. The van der Waals surface area contributed by atoms with E-state index in [1.54, 1.807) is 12.1 Å². The molecular formula is C14H17N5O2S. The van der Waals surface area contributed by atoms with Crippen molar-refractivity contribution in [1.29, 1.82) is 0 Å². The Labute approximate surface area is 132 Å². The molecule has 0 saturated carbocycles. The Balaban J connectivity index is 1.62. The van der Waals surface area contributed by atoms with Gasteiger partial charge in [0, 0.05) is 31.9 Å². The summed E-state index contributed by atoms with van der Waals surface area (Å²) < 4.78 is 4.71. The Bertz CT molecular complexity index is 650. The number of hydrogen-bond donors (Lipinski definition) is 1. The number of nitrogen functional groups attached to an aromatic ring is 1. The average Bonchev–Trinajstić information content (AvgIpc) is 3.01. The summed E-state index contributed by atoms with van der Waals surface area (Å²) in [5.41, 5.74) is 7.29. The fourth-order valence-electron chi connectivity index (χ4n) is 2.44. The molecule has 1 aliphatic rings. The number of ether oxygens (including phenoxy) is 1. The van der Waals surface area contributed by atoms with Gasteiger partial charge < -0.3 is 20.3 Å². The minimum Gasteiger partial charge on any atom is -0.465 e. The zero-order chi connectivity index (χ0) is 15.5. The summed E-state index contributed by atoms with van der Waals surface area (Å²) in [4.78, 5) is 15.9. The SMILES string of the molecule is COC(=O)c1ccc(N2CCN(c3nnc(N)s3)CC2)cc1. The minimum absolute atomic E-state index is 0.315. The van der Waals surface area contributed by atoms with Crippen LogP contribution in [0.15, 0.2) is 24.3 Å². The van der Waals surface area contributed by atoms with Crippen molar-refractivity contribution >= 4 is 33.3 Å². The topological polar surface area (TPSA) is 84.6 Å². The van der Waals surface area contributed by atoms with Gasteiger partial charge in [-0.15, -0.1) is 10.2 Å². The summed E-state index contributed by atoms with van der Waals surface area (Å²) in [5, 5.41) is 9.30. The molecule has 0 radical (unpaired) electrons. The number of esters is 1. The van der Waals surface area contributed by atoms with Gasteiger partial charge in [0.05, 0.1) is 12.7 Å². The molecule has 1 fully saturated rings. The Hall–Kier alpha value is -2.35. The zero-order valence-corrected chi connectivity index (χ0v) is 13.0. The van der Waals surface area contributed by atoms with Crippen molar-refractivity contribution in [2.75, 3.05) is 48.8 Å². The highest BCUT2D eigenvalue weighted by Crippen LogP contribution is 2.24. The molecule has 1 aromatic carbocycles. The number of hydrogen-bond acceptors (Lipinski definition) is 8. The minimum atomic E-state index is -0.315. The van der Waals surface area contributed by atoms with E-state index < -0.39 is 0 Å². The lowest BCUT2D eigenvalue weighted by Gasteiger charge is -2.35. The third-order valence-corrected chi connectivity index (χ3v) is 4.45. The second-order valence-electron chi connectivity index (χ2n) is 4.94. The first kappa shape index (κ1) is 14.6. The van der Waals surface area contributed by atoms with Crippen LogP contribution in [0.1, 0.15) is 10.4 Å². The summed E-state index contributed by atoms with van der Waals surface area (Å²) in [6, 6.07) is 7.48. The van der Waals surface area contributed by atoms with Crippen LogP contribution in [-0.4, -0.2) is 49.5 Å². The van der Waals surface area contributed by atoms with Crippen LogP contribution in [0, 0.1) is 0 Å². The van der Waals surface area contributed by atoms with E-state index in [9.17, 15) is 4.79 Å². The van der Waals surface area contributed by atoms with Crippen molar-refractivity contribution in [2.24, 2.45) is 0 Å². The number of nitrogens with zero attached hydrogens (tertiary/aromatic N) is 4. The van der Waals surface area contributed by atoms with Gasteiger partial charge in [0.25, 0.3) is 0 Å². The lowest BCUT2D eigenvalue weighted by Crippen LogP contribution is -2.46. The van der Waals surface area contributed by atoms with Crippen LogP contribution in [0.4, 0.5) is 16.0 Å². The molecule has 1 saturated heterocycles. The number of anilines is 3. The van der Waals surface area contributed by atoms with Crippen LogP contribution < -0.4 is 15.5 Å². The fraction of sp³-hybridized carbons (Fsp3) is 0.357. The van der Waals surface area contributed by atoms with Crippen molar-refractivity contribution in [3.8, 4) is 0 Å². The first-order chi connectivity index (χ1) is 10.7. The maximum absolute atomic E-state index is 11.4. The highest BCUT2D eigenvalue weighted by molar-refractivity contribution is 7.18. The number of benzene rings is 1. The van der Waals surface area contributed by atoms with E-state index in [0.29, 0.717) is 10.7 Å². The molecule has 0 aliphatic carbocycles. The maximum atomic E-state index is 11.4. The molecule has 0 spiro atoms. The molecule has 22 heavy (non-hydrogen) atoms. The average molecular weight is 319 g/mol. The molecule has 2 N–H and O–H groups in total. The lowest BCUT2D eigenvalue weighted by atomic mass is 10.2. The number of piperazine rings is 1. The second-order valence-corrected chi connectivity index (χ2v) is 5.92. The monoisotopic (exact) mass is 319 g/mol. The number of aromatic nitrogens is 2. The van der Waals surface area contributed by atoms with Gasteiger partial charge in [0.15, 0.2) is 0 Å².